The van der Waals surface area contributed by atoms with Gasteiger partial charge in [0, 0.05) is 12.6 Å². The summed E-state index contributed by atoms with van der Waals surface area (Å²) < 4.78 is 6.16. The summed E-state index contributed by atoms with van der Waals surface area (Å²) >= 11 is 0. The predicted octanol–water partition coefficient (Wildman–Crippen LogP) is 3.93. The summed E-state index contributed by atoms with van der Waals surface area (Å²) in [4.78, 5) is 0. The third-order valence-electron chi connectivity index (χ3n) is 3.70. The molecule has 0 saturated heterocycles. The van der Waals surface area contributed by atoms with Crippen molar-refractivity contribution in [2.75, 3.05) is 13.2 Å². The Morgan fingerprint density at radius 3 is 2.63 bits per heavy atom. The van der Waals surface area contributed by atoms with E-state index in [2.05, 4.69) is 49.5 Å². The van der Waals surface area contributed by atoms with Crippen LogP contribution >= 0.6 is 0 Å². The van der Waals surface area contributed by atoms with Crippen molar-refractivity contribution < 1.29 is 4.74 Å². The standard InChI is InChI=1S/C17H27NO/c1-3-7-14(2)13-19-17(12-18-16-10-11-16)15-8-5-4-6-9-15/h4-6,8-9,14,16-18H,3,7,10-13H2,1-2H3. The van der Waals surface area contributed by atoms with E-state index < -0.39 is 0 Å². The van der Waals surface area contributed by atoms with Gasteiger partial charge in [0.15, 0.2) is 0 Å². The summed E-state index contributed by atoms with van der Waals surface area (Å²) in [6.07, 6.45) is 5.33. The molecule has 1 N–H and O–H groups in total. The molecule has 1 fully saturated rings. The van der Waals surface area contributed by atoms with Gasteiger partial charge in [0.2, 0.25) is 0 Å². The fraction of sp³-hybridized carbons (Fsp3) is 0.647. The summed E-state index contributed by atoms with van der Waals surface area (Å²) in [5.74, 6) is 0.650. The quantitative estimate of drug-likeness (QED) is 0.727. The van der Waals surface area contributed by atoms with E-state index in [9.17, 15) is 0 Å². The van der Waals surface area contributed by atoms with E-state index in [1.165, 1.54) is 31.2 Å². The molecule has 0 aliphatic heterocycles. The molecular weight excluding hydrogens is 234 g/mol. The molecular formula is C17H27NO. The SMILES string of the molecule is CCCC(C)COC(CNC1CC1)c1ccccc1. The average molecular weight is 261 g/mol. The molecule has 1 aromatic carbocycles. The smallest absolute Gasteiger partial charge is 0.0949 e. The van der Waals surface area contributed by atoms with E-state index in [1.807, 2.05) is 0 Å². The summed E-state index contributed by atoms with van der Waals surface area (Å²) in [5, 5.41) is 3.59. The van der Waals surface area contributed by atoms with Crippen LogP contribution in [0.3, 0.4) is 0 Å². The zero-order chi connectivity index (χ0) is 13.5. The van der Waals surface area contributed by atoms with Crippen molar-refractivity contribution >= 4 is 0 Å². The van der Waals surface area contributed by atoms with Gasteiger partial charge in [-0.2, -0.15) is 0 Å². The van der Waals surface area contributed by atoms with Crippen LogP contribution in [-0.2, 0) is 4.74 Å². The van der Waals surface area contributed by atoms with Crippen LogP contribution in [0.25, 0.3) is 0 Å². The Balaban J connectivity index is 1.85. The van der Waals surface area contributed by atoms with Gasteiger partial charge >= 0.3 is 0 Å². The highest BCUT2D eigenvalue weighted by Gasteiger charge is 2.22. The van der Waals surface area contributed by atoms with Crippen LogP contribution < -0.4 is 5.32 Å². The number of ether oxygens (including phenoxy) is 1. The maximum absolute atomic E-state index is 6.16. The average Bonchev–Trinajstić information content (AvgIpc) is 3.24. The van der Waals surface area contributed by atoms with Crippen molar-refractivity contribution in [2.24, 2.45) is 5.92 Å². The molecule has 0 radical (unpaired) electrons. The number of rotatable bonds is 9. The van der Waals surface area contributed by atoms with E-state index in [1.54, 1.807) is 0 Å². The molecule has 0 heterocycles. The zero-order valence-corrected chi connectivity index (χ0v) is 12.3. The van der Waals surface area contributed by atoms with Crippen LogP contribution in [0.4, 0.5) is 0 Å². The molecule has 1 aliphatic carbocycles. The molecule has 2 atom stereocenters. The maximum Gasteiger partial charge on any atom is 0.0949 e. The Morgan fingerprint density at radius 1 is 1.26 bits per heavy atom. The Bertz CT molecular complexity index is 348. The molecule has 2 unspecified atom stereocenters. The molecule has 1 aromatic rings. The van der Waals surface area contributed by atoms with Gasteiger partial charge in [0.1, 0.15) is 0 Å². The molecule has 0 amide bonds. The minimum atomic E-state index is 0.195. The highest BCUT2D eigenvalue weighted by atomic mass is 16.5. The lowest BCUT2D eigenvalue weighted by molar-refractivity contribution is 0.0297. The number of hydrogen-bond donors (Lipinski definition) is 1. The second-order valence-corrected chi connectivity index (χ2v) is 5.81. The molecule has 2 rings (SSSR count). The molecule has 106 valence electrons. The zero-order valence-electron chi connectivity index (χ0n) is 12.3. The summed E-state index contributed by atoms with van der Waals surface area (Å²) in [7, 11) is 0. The minimum Gasteiger partial charge on any atom is -0.372 e. The first kappa shape index (κ1) is 14.5. The third-order valence-corrected chi connectivity index (χ3v) is 3.70. The molecule has 1 saturated carbocycles. The van der Waals surface area contributed by atoms with Crippen LogP contribution in [0.1, 0.15) is 51.2 Å². The number of hydrogen-bond acceptors (Lipinski definition) is 2. The van der Waals surface area contributed by atoms with E-state index in [4.69, 9.17) is 4.74 Å². The highest BCUT2D eigenvalue weighted by molar-refractivity contribution is 5.18. The van der Waals surface area contributed by atoms with E-state index >= 15 is 0 Å². The van der Waals surface area contributed by atoms with Gasteiger partial charge in [0.05, 0.1) is 12.7 Å². The fourth-order valence-electron chi connectivity index (χ4n) is 2.36. The Labute approximate surface area is 117 Å². The van der Waals surface area contributed by atoms with Crippen molar-refractivity contribution in [3.8, 4) is 0 Å². The van der Waals surface area contributed by atoms with Crippen LogP contribution in [0, 0.1) is 5.92 Å². The van der Waals surface area contributed by atoms with Gasteiger partial charge in [-0.1, -0.05) is 50.6 Å². The fourth-order valence-corrected chi connectivity index (χ4v) is 2.36. The predicted molar refractivity (Wildman–Crippen MR) is 80.2 cm³/mol. The van der Waals surface area contributed by atoms with Gasteiger partial charge in [-0.3, -0.25) is 0 Å². The van der Waals surface area contributed by atoms with Crippen molar-refractivity contribution in [2.45, 2.75) is 51.7 Å². The van der Waals surface area contributed by atoms with Gasteiger partial charge in [-0.25, -0.2) is 0 Å². The molecule has 19 heavy (non-hydrogen) atoms. The van der Waals surface area contributed by atoms with Crippen molar-refractivity contribution in [3.05, 3.63) is 35.9 Å². The van der Waals surface area contributed by atoms with Crippen LogP contribution in [-0.4, -0.2) is 19.2 Å². The van der Waals surface area contributed by atoms with E-state index in [-0.39, 0.29) is 6.10 Å². The molecule has 2 heteroatoms. The normalized spacial score (nSPS) is 18.2. The van der Waals surface area contributed by atoms with E-state index in [0.717, 1.165) is 19.2 Å². The lowest BCUT2D eigenvalue weighted by Gasteiger charge is -2.21. The third kappa shape index (κ3) is 5.33. The first-order valence-corrected chi connectivity index (χ1v) is 7.69. The lowest BCUT2D eigenvalue weighted by atomic mass is 10.1. The highest BCUT2D eigenvalue weighted by Crippen LogP contribution is 2.23. The maximum atomic E-state index is 6.16. The van der Waals surface area contributed by atoms with Crippen molar-refractivity contribution in [1.82, 2.24) is 5.32 Å². The summed E-state index contributed by atoms with van der Waals surface area (Å²) in [5.41, 5.74) is 1.29. The van der Waals surface area contributed by atoms with Crippen molar-refractivity contribution in [1.29, 1.82) is 0 Å². The molecule has 0 aromatic heterocycles. The molecule has 0 bridgehead atoms. The Kier molecular flexibility index (Phi) is 5.87. The second-order valence-electron chi connectivity index (χ2n) is 5.81. The first-order chi connectivity index (χ1) is 9.29. The summed E-state index contributed by atoms with van der Waals surface area (Å²) in [6.45, 7) is 6.31. The van der Waals surface area contributed by atoms with Gasteiger partial charge in [-0.15, -0.1) is 0 Å². The number of benzene rings is 1. The second kappa shape index (κ2) is 7.66. The summed E-state index contributed by atoms with van der Waals surface area (Å²) in [6, 6.07) is 11.3. The Morgan fingerprint density at radius 2 is 2.00 bits per heavy atom. The van der Waals surface area contributed by atoms with Gasteiger partial charge in [0.25, 0.3) is 0 Å². The van der Waals surface area contributed by atoms with Crippen LogP contribution in [0.15, 0.2) is 30.3 Å². The molecule has 0 spiro atoms. The number of nitrogens with one attached hydrogen (secondary N) is 1. The lowest BCUT2D eigenvalue weighted by Crippen LogP contribution is -2.26. The Hall–Kier alpha value is -0.860. The minimum absolute atomic E-state index is 0.195. The van der Waals surface area contributed by atoms with Gasteiger partial charge < -0.3 is 10.1 Å². The largest absolute Gasteiger partial charge is 0.372 e. The van der Waals surface area contributed by atoms with Crippen LogP contribution in [0.5, 0.6) is 0 Å². The van der Waals surface area contributed by atoms with Gasteiger partial charge in [-0.05, 0) is 30.7 Å². The van der Waals surface area contributed by atoms with Crippen LogP contribution in [0.2, 0.25) is 0 Å². The molecule has 1 aliphatic rings. The molecule has 2 nitrogen and oxygen atoms in total. The topological polar surface area (TPSA) is 21.3 Å². The first-order valence-electron chi connectivity index (χ1n) is 7.69. The van der Waals surface area contributed by atoms with Crippen molar-refractivity contribution in [3.63, 3.8) is 0 Å². The van der Waals surface area contributed by atoms with E-state index in [0.29, 0.717) is 5.92 Å². The monoisotopic (exact) mass is 261 g/mol.